The molecule has 0 bridgehead atoms. The number of carbonyl (C=O) groups excluding carboxylic acids is 1. The highest BCUT2D eigenvalue weighted by Gasteiger charge is 2.34. The molecule has 0 atom stereocenters. The number of carbonyl (C=O) groups is 1. The van der Waals surface area contributed by atoms with Crippen molar-refractivity contribution < 1.29 is 14.3 Å². The molecule has 0 spiro atoms. The van der Waals surface area contributed by atoms with Crippen molar-refractivity contribution in [2.75, 3.05) is 18.0 Å². The van der Waals surface area contributed by atoms with Gasteiger partial charge in [-0.15, -0.1) is 0 Å². The second-order valence-electron chi connectivity index (χ2n) is 9.49. The summed E-state index contributed by atoms with van der Waals surface area (Å²) in [7, 11) is 1.77. The van der Waals surface area contributed by atoms with Crippen LogP contribution in [0.5, 0.6) is 0 Å². The van der Waals surface area contributed by atoms with Crippen LogP contribution in [0, 0.1) is 25.6 Å². The quantitative estimate of drug-likeness (QED) is 0.815. The maximum atomic E-state index is 14.4. The first kappa shape index (κ1) is 21.6. The molecule has 1 amide bonds. The monoisotopic (exact) mass is 427 g/mol. The maximum absolute atomic E-state index is 14.4. The van der Waals surface area contributed by atoms with Crippen molar-refractivity contribution >= 4 is 11.6 Å². The van der Waals surface area contributed by atoms with Crippen LogP contribution in [0.3, 0.4) is 0 Å². The van der Waals surface area contributed by atoms with Crippen LogP contribution >= 0.6 is 0 Å². The normalized spacial score (nSPS) is 16.5. The predicted octanol–water partition coefficient (Wildman–Crippen LogP) is 2.74. The van der Waals surface area contributed by atoms with Gasteiger partial charge in [-0.05, 0) is 51.0 Å². The lowest BCUT2D eigenvalue weighted by molar-refractivity contribution is -0.133. The van der Waals surface area contributed by atoms with Gasteiger partial charge in [0.15, 0.2) is 0 Å². The van der Waals surface area contributed by atoms with Gasteiger partial charge in [0.05, 0.1) is 12.1 Å². The molecule has 2 aliphatic heterocycles. The van der Waals surface area contributed by atoms with Gasteiger partial charge in [0.2, 0.25) is 5.91 Å². The molecule has 6 nitrogen and oxygen atoms in total. The van der Waals surface area contributed by atoms with E-state index in [1.54, 1.807) is 31.5 Å². The molecule has 1 fully saturated rings. The Morgan fingerprint density at radius 1 is 1.19 bits per heavy atom. The Hall–Kier alpha value is -2.67. The van der Waals surface area contributed by atoms with Gasteiger partial charge in [0, 0.05) is 61.5 Å². The van der Waals surface area contributed by atoms with Gasteiger partial charge in [-0.1, -0.05) is 6.07 Å². The van der Waals surface area contributed by atoms with E-state index in [1.807, 2.05) is 29.7 Å². The van der Waals surface area contributed by atoms with E-state index in [0.717, 1.165) is 28.1 Å². The zero-order chi connectivity index (χ0) is 22.7. The Bertz CT molecular complexity index is 1110. The fraction of sp³-hybridized carbons (Fsp3) is 0.500. The number of aliphatic hydroxyl groups is 1. The van der Waals surface area contributed by atoms with Gasteiger partial charge >= 0.3 is 0 Å². The van der Waals surface area contributed by atoms with E-state index in [2.05, 4.69) is 0 Å². The first-order valence-corrected chi connectivity index (χ1v) is 10.7. The van der Waals surface area contributed by atoms with Crippen LogP contribution in [0.1, 0.15) is 48.2 Å². The average molecular weight is 428 g/mol. The fourth-order valence-electron chi connectivity index (χ4n) is 4.68. The van der Waals surface area contributed by atoms with Crippen LogP contribution in [0.25, 0.3) is 0 Å². The summed E-state index contributed by atoms with van der Waals surface area (Å²) in [6.45, 7) is 9.34. The van der Waals surface area contributed by atoms with Gasteiger partial charge in [-0.25, -0.2) is 4.39 Å². The zero-order valence-electron chi connectivity index (χ0n) is 18.8. The summed E-state index contributed by atoms with van der Waals surface area (Å²) in [6, 6.07) is 4.89. The minimum absolute atomic E-state index is 0.00280. The van der Waals surface area contributed by atoms with Crippen molar-refractivity contribution in [1.82, 2.24) is 9.47 Å². The molecule has 0 radical (unpaired) electrons. The number of rotatable bonds is 4. The molecule has 31 heavy (non-hydrogen) atoms. The largest absolute Gasteiger partial charge is 0.386 e. The highest BCUT2D eigenvalue weighted by atomic mass is 19.1. The van der Waals surface area contributed by atoms with Crippen molar-refractivity contribution in [2.45, 2.75) is 52.8 Å². The third kappa shape index (κ3) is 3.76. The highest BCUT2D eigenvalue weighted by molar-refractivity contribution is 5.77. The molecule has 1 aromatic carbocycles. The Kier molecular flexibility index (Phi) is 5.20. The van der Waals surface area contributed by atoms with E-state index in [9.17, 15) is 19.1 Å². The van der Waals surface area contributed by atoms with Crippen LogP contribution < -0.4 is 10.5 Å². The number of halogens is 1. The average Bonchev–Trinajstić information content (AvgIpc) is 3.11. The molecule has 1 aromatic heterocycles. The molecule has 166 valence electrons. The Balaban J connectivity index is 1.37. The summed E-state index contributed by atoms with van der Waals surface area (Å²) in [4.78, 5) is 29.1. The maximum Gasteiger partial charge on any atom is 0.253 e. The van der Waals surface area contributed by atoms with Crippen molar-refractivity contribution in [3.63, 3.8) is 0 Å². The van der Waals surface area contributed by atoms with Crippen LogP contribution in [0.2, 0.25) is 0 Å². The lowest BCUT2D eigenvalue weighted by Crippen LogP contribution is -2.48. The molecular weight excluding hydrogens is 397 g/mol. The first-order valence-electron chi connectivity index (χ1n) is 10.7. The minimum Gasteiger partial charge on any atom is -0.386 e. The van der Waals surface area contributed by atoms with Crippen molar-refractivity contribution in [2.24, 2.45) is 13.0 Å². The molecule has 4 rings (SSSR count). The molecule has 2 aromatic rings. The van der Waals surface area contributed by atoms with E-state index >= 15 is 0 Å². The van der Waals surface area contributed by atoms with Gasteiger partial charge < -0.3 is 19.5 Å². The van der Waals surface area contributed by atoms with Gasteiger partial charge in [0.25, 0.3) is 5.56 Å². The van der Waals surface area contributed by atoms with Gasteiger partial charge in [-0.3, -0.25) is 9.59 Å². The van der Waals surface area contributed by atoms with E-state index in [-0.39, 0.29) is 22.9 Å². The molecule has 1 N–H and O–H groups in total. The summed E-state index contributed by atoms with van der Waals surface area (Å²) in [5.74, 6) is -0.107. The number of nitrogens with zero attached hydrogens (tertiary/aromatic N) is 3. The van der Waals surface area contributed by atoms with Crippen molar-refractivity contribution in [3.8, 4) is 0 Å². The first-order chi connectivity index (χ1) is 14.5. The summed E-state index contributed by atoms with van der Waals surface area (Å²) in [5.41, 5.74) is 3.57. The summed E-state index contributed by atoms with van der Waals surface area (Å²) in [6.07, 6.45) is 0.445. The summed E-state index contributed by atoms with van der Waals surface area (Å²) >= 11 is 0. The van der Waals surface area contributed by atoms with E-state index in [4.69, 9.17) is 0 Å². The molecule has 0 aliphatic carbocycles. The van der Waals surface area contributed by atoms with Gasteiger partial charge in [0.1, 0.15) is 5.82 Å². The number of anilines is 1. The number of fused-ring (bicyclic) bond motifs is 1. The number of hydrogen-bond donors (Lipinski definition) is 1. The molecule has 0 unspecified atom stereocenters. The zero-order valence-corrected chi connectivity index (χ0v) is 18.8. The number of aromatic nitrogens is 1. The number of hydrogen-bond acceptors (Lipinski definition) is 4. The van der Waals surface area contributed by atoms with Crippen molar-refractivity contribution in [1.29, 1.82) is 0 Å². The minimum atomic E-state index is -1.22. The number of pyridine rings is 1. The third-order valence-corrected chi connectivity index (χ3v) is 6.83. The van der Waals surface area contributed by atoms with Crippen LogP contribution in [0.4, 0.5) is 10.1 Å². The second kappa shape index (κ2) is 7.48. The second-order valence-corrected chi connectivity index (χ2v) is 9.49. The number of benzene rings is 1. The summed E-state index contributed by atoms with van der Waals surface area (Å²) in [5, 5.41) is 10.0. The topological polar surface area (TPSA) is 65.8 Å². The highest BCUT2D eigenvalue weighted by Crippen LogP contribution is 2.32. The molecule has 7 heteroatoms. The fourth-order valence-corrected chi connectivity index (χ4v) is 4.68. The molecule has 2 aliphatic rings. The number of amides is 1. The molecule has 0 saturated carbocycles. The lowest BCUT2D eigenvalue weighted by Gasteiger charge is -2.41. The van der Waals surface area contributed by atoms with E-state index in [1.165, 1.54) is 6.07 Å². The molecular formula is C24H30FN3O3. The van der Waals surface area contributed by atoms with Crippen LogP contribution in [0.15, 0.2) is 23.0 Å². The van der Waals surface area contributed by atoms with E-state index < -0.39 is 11.4 Å². The standard InChI is InChI=1S/C24H30FN3O3/c1-14-15(2)23(30)26(5)21-13-28(12-18(14)21)22(29)8-16-10-27(11-16)17-6-7-19(20(25)9-17)24(3,4)31/h6-7,9,16,31H,8,10-13H2,1-5H3. The Labute approximate surface area is 181 Å². The van der Waals surface area contributed by atoms with Crippen LogP contribution in [-0.2, 0) is 30.5 Å². The van der Waals surface area contributed by atoms with Gasteiger partial charge in [-0.2, -0.15) is 0 Å². The van der Waals surface area contributed by atoms with Crippen molar-refractivity contribution in [3.05, 3.63) is 62.3 Å². The van der Waals surface area contributed by atoms with Crippen LogP contribution in [-0.4, -0.2) is 33.6 Å². The SMILES string of the molecule is Cc1c2c(n(C)c(=O)c1C)CN(C(=O)CC1CN(c3ccc(C(C)(C)O)c(F)c3)C1)C2. The lowest BCUT2D eigenvalue weighted by atomic mass is 9.93. The summed E-state index contributed by atoms with van der Waals surface area (Å²) < 4.78 is 16.0. The predicted molar refractivity (Wildman–Crippen MR) is 117 cm³/mol. The third-order valence-electron chi connectivity index (χ3n) is 6.83. The molecule has 1 saturated heterocycles. The van der Waals surface area contributed by atoms with E-state index in [0.29, 0.717) is 32.6 Å². The smallest absolute Gasteiger partial charge is 0.253 e. The molecule has 3 heterocycles. The Morgan fingerprint density at radius 2 is 1.87 bits per heavy atom. The Morgan fingerprint density at radius 3 is 2.48 bits per heavy atom.